The van der Waals surface area contributed by atoms with Crippen LogP contribution >= 0.6 is 11.8 Å². The van der Waals surface area contributed by atoms with Crippen molar-refractivity contribution in [3.8, 4) is 17.1 Å². The summed E-state index contributed by atoms with van der Waals surface area (Å²) in [5.41, 5.74) is 0.848. The Kier molecular flexibility index (Phi) is 6.08. The third-order valence-electron chi connectivity index (χ3n) is 4.47. The van der Waals surface area contributed by atoms with E-state index >= 15 is 0 Å². The molecule has 1 aromatic carbocycles. The summed E-state index contributed by atoms with van der Waals surface area (Å²) in [5, 5.41) is 15.4. The summed E-state index contributed by atoms with van der Waals surface area (Å²) in [6.07, 6.45) is 1.62. The van der Waals surface area contributed by atoms with Gasteiger partial charge in [-0.2, -0.15) is 0 Å². The number of rotatable bonds is 8. The first kappa shape index (κ1) is 20.7. The van der Waals surface area contributed by atoms with E-state index in [1.807, 2.05) is 41.0 Å². The number of benzene rings is 1. The molecule has 1 amide bonds. The Morgan fingerprint density at radius 2 is 2.13 bits per heavy atom. The van der Waals surface area contributed by atoms with Crippen molar-refractivity contribution >= 4 is 23.5 Å². The molecular weight excluding hydrogens is 418 g/mol. The molecule has 1 atom stereocenters. The molecule has 0 aliphatic carbocycles. The van der Waals surface area contributed by atoms with Gasteiger partial charge in [0.15, 0.2) is 16.8 Å². The number of ether oxygens (including phenoxy) is 1. The van der Waals surface area contributed by atoms with Gasteiger partial charge in [-0.05, 0) is 38.1 Å². The average Bonchev–Trinajstić information content (AvgIpc) is 3.51. The number of furan rings is 1. The van der Waals surface area contributed by atoms with E-state index in [2.05, 4.69) is 20.7 Å². The van der Waals surface area contributed by atoms with Crippen LogP contribution in [-0.4, -0.2) is 38.2 Å². The molecule has 3 heterocycles. The minimum atomic E-state index is -0.449. The summed E-state index contributed by atoms with van der Waals surface area (Å²) in [6.45, 7) is 3.98. The highest BCUT2D eigenvalue weighted by Gasteiger charge is 2.22. The van der Waals surface area contributed by atoms with Crippen molar-refractivity contribution in [2.45, 2.75) is 30.8 Å². The van der Waals surface area contributed by atoms with Crippen LogP contribution in [0.5, 0.6) is 5.75 Å². The number of aromatic nitrogens is 4. The van der Waals surface area contributed by atoms with E-state index in [9.17, 15) is 4.79 Å². The molecule has 0 radical (unpaired) electrons. The first-order valence-electron chi connectivity index (χ1n) is 9.54. The summed E-state index contributed by atoms with van der Waals surface area (Å²) in [7, 11) is 1.62. The number of hydrogen-bond acceptors (Lipinski definition) is 8. The Morgan fingerprint density at radius 1 is 1.26 bits per heavy atom. The molecule has 1 N–H and O–H groups in total. The van der Waals surface area contributed by atoms with Crippen LogP contribution in [0.4, 0.5) is 5.82 Å². The highest BCUT2D eigenvalue weighted by atomic mass is 32.2. The molecule has 31 heavy (non-hydrogen) atoms. The lowest BCUT2D eigenvalue weighted by atomic mass is 10.2. The number of nitrogens with one attached hydrogen (secondary N) is 1. The van der Waals surface area contributed by atoms with Crippen LogP contribution in [-0.2, 0) is 11.3 Å². The van der Waals surface area contributed by atoms with Crippen LogP contribution in [0.25, 0.3) is 11.4 Å². The maximum Gasteiger partial charge on any atom is 0.238 e. The smallest absolute Gasteiger partial charge is 0.238 e. The number of amides is 1. The third kappa shape index (κ3) is 4.80. The van der Waals surface area contributed by atoms with E-state index in [0.717, 1.165) is 17.1 Å². The van der Waals surface area contributed by atoms with E-state index < -0.39 is 5.25 Å². The monoisotopic (exact) mass is 439 g/mol. The van der Waals surface area contributed by atoms with Crippen LogP contribution in [0.1, 0.15) is 18.4 Å². The maximum atomic E-state index is 12.6. The Bertz CT molecular complexity index is 1170. The molecule has 0 saturated carbocycles. The van der Waals surface area contributed by atoms with Gasteiger partial charge < -0.3 is 19.0 Å². The van der Waals surface area contributed by atoms with Crippen molar-refractivity contribution in [1.82, 2.24) is 19.9 Å². The van der Waals surface area contributed by atoms with Crippen molar-refractivity contribution in [2.24, 2.45) is 0 Å². The zero-order valence-electron chi connectivity index (χ0n) is 17.2. The summed E-state index contributed by atoms with van der Waals surface area (Å²) in [4.78, 5) is 12.6. The Hall–Kier alpha value is -3.53. The van der Waals surface area contributed by atoms with Gasteiger partial charge >= 0.3 is 0 Å². The van der Waals surface area contributed by atoms with Gasteiger partial charge in [0.1, 0.15) is 17.3 Å². The normalized spacial score (nSPS) is 12.0. The van der Waals surface area contributed by atoms with Crippen LogP contribution in [0.15, 0.2) is 62.8 Å². The Labute approximate surface area is 182 Å². The number of hydrogen-bond donors (Lipinski definition) is 1. The number of nitrogens with zero attached hydrogens (tertiary/aromatic N) is 4. The van der Waals surface area contributed by atoms with E-state index in [0.29, 0.717) is 29.1 Å². The first-order valence-corrected chi connectivity index (χ1v) is 10.4. The average molecular weight is 439 g/mol. The third-order valence-corrected chi connectivity index (χ3v) is 5.55. The van der Waals surface area contributed by atoms with Gasteiger partial charge in [-0.25, -0.2) is 0 Å². The maximum absolute atomic E-state index is 12.6. The molecule has 3 aromatic heterocycles. The van der Waals surface area contributed by atoms with Crippen molar-refractivity contribution in [3.05, 3.63) is 60.2 Å². The second-order valence-electron chi connectivity index (χ2n) is 6.78. The van der Waals surface area contributed by atoms with Crippen LogP contribution in [0.3, 0.4) is 0 Å². The zero-order chi connectivity index (χ0) is 21.8. The largest absolute Gasteiger partial charge is 0.497 e. The molecule has 0 saturated heterocycles. The number of aryl methyl sites for hydroxylation is 1. The predicted molar refractivity (Wildman–Crippen MR) is 115 cm³/mol. The number of carbonyl (C=O) groups is 1. The van der Waals surface area contributed by atoms with E-state index in [-0.39, 0.29) is 5.91 Å². The SMILES string of the molecule is COc1cccc(-c2nnc(SC(C)C(=O)Nc3cc(C)on3)n2Cc2ccco2)c1. The summed E-state index contributed by atoms with van der Waals surface area (Å²) in [5.74, 6) is 2.91. The molecule has 0 spiro atoms. The fraction of sp³-hybridized carbons (Fsp3) is 0.238. The molecule has 10 heteroatoms. The molecule has 4 aromatic rings. The van der Waals surface area contributed by atoms with Crippen molar-refractivity contribution in [3.63, 3.8) is 0 Å². The molecule has 160 valence electrons. The molecular formula is C21H21N5O4S. The highest BCUT2D eigenvalue weighted by Crippen LogP contribution is 2.30. The number of methoxy groups -OCH3 is 1. The van der Waals surface area contributed by atoms with Crippen molar-refractivity contribution < 1.29 is 18.5 Å². The zero-order valence-corrected chi connectivity index (χ0v) is 18.0. The summed E-state index contributed by atoms with van der Waals surface area (Å²) in [6, 6.07) is 13.0. The molecule has 1 unspecified atom stereocenters. The highest BCUT2D eigenvalue weighted by molar-refractivity contribution is 8.00. The van der Waals surface area contributed by atoms with Gasteiger partial charge in [0.25, 0.3) is 0 Å². The summed E-state index contributed by atoms with van der Waals surface area (Å²) >= 11 is 1.30. The number of thioether (sulfide) groups is 1. The quantitative estimate of drug-likeness (QED) is 0.410. The molecule has 0 aliphatic rings. The van der Waals surface area contributed by atoms with Crippen LogP contribution in [0, 0.1) is 6.92 Å². The lowest BCUT2D eigenvalue weighted by molar-refractivity contribution is -0.115. The van der Waals surface area contributed by atoms with Crippen LogP contribution in [0.2, 0.25) is 0 Å². The second kappa shape index (κ2) is 9.09. The van der Waals surface area contributed by atoms with Crippen LogP contribution < -0.4 is 10.1 Å². The van der Waals surface area contributed by atoms with E-state index in [1.165, 1.54) is 11.8 Å². The van der Waals surface area contributed by atoms with Gasteiger partial charge in [-0.1, -0.05) is 29.1 Å². The van der Waals surface area contributed by atoms with Gasteiger partial charge in [0, 0.05) is 11.6 Å². The lowest BCUT2D eigenvalue weighted by Crippen LogP contribution is -2.23. The first-order chi connectivity index (χ1) is 15.0. The Morgan fingerprint density at radius 3 is 2.84 bits per heavy atom. The minimum absolute atomic E-state index is 0.214. The predicted octanol–water partition coefficient (Wildman–Crippen LogP) is 4.01. The van der Waals surface area contributed by atoms with E-state index in [4.69, 9.17) is 13.7 Å². The van der Waals surface area contributed by atoms with Gasteiger partial charge in [-0.15, -0.1) is 10.2 Å². The van der Waals surface area contributed by atoms with Crippen molar-refractivity contribution in [1.29, 1.82) is 0 Å². The van der Waals surface area contributed by atoms with Gasteiger partial charge in [-0.3, -0.25) is 9.36 Å². The fourth-order valence-corrected chi connectivity index (χ4v) is 3.77. The number of anilines is 1. The second-order valence-corrected chi connectivity index (χ2v) is 8.08. The van der Waals surface area contributed by atoms with Gasteiger partial charge in [0.2, 0.25) is 5.91 Å². The summed E-state index contributed by atoms with van der Waals surface area (Å²) < 4.78 is 17.8. The number of carbonyl (C=O) groups excluding carboxylic acids is 1. The molecule has 9 nitrogen and oxygen atoms in total. The standard InChI is InChI=1S/C21H21N5O4S/c1-13-10-18(25-30-13)22-20(27)14(2)31-21-24-23-19(15-6-4-7-16(11-15)28-3)26(21)12-17-8-5-9-29-17/h4-11,14H,12H2,1-3H3,(H,22,25,27). The lowest BCUT2D eigenvalue weighted by Gasteiger charge is -2.12. The van der Waals surface area contributed by atoms with Gasteiger partial charge in [0.05, 0.1) is 25.2 Å². The fourth-order valence-electron chi connectivity index (χ4n) is 2.92. The Balaban J connectivity index is 1.60. The minimum Gasteiger partial charge on any atom is -0.497 e. The van der Waals surface area contributed by atoms with E-state index in [1.54, 1.807) is 33.3 Å². The molecule has 0 bridgehead atoms. The topological polar surface area (TPSA) is 108 Å². The molecule has 0 fully saturated rings. The molecule has 0 aliphatic heterocycles. The molecule has 4 rings (SSSR count). The van der Waals surface area contributed by atoms with Crippen molar-refractivity contribution in [2.75, 3.05) is 12.4 Å².